The fraction of sp³-hybridized carbons (Fsp3) is 0.250. The molecule has 27 heavy (non-hydrogen) atoms. The summed E-state index contributed by atoms with van der Waals surface area (Å²) in [7, 11) is -7.13. The van der Waals surface area contributed by atoms with Crippen molar-refractivity contribution in [1.82, 2.24) is 0 Å². The molecule has 146 valence electrons. The lowest BCUT2D eigenvalue weighted by Crippen LogP contribution is -2.25. The van der Waals surface area contributed by atoms with Gasteiger partial charge in [0.2, 0.25) is 19.9 Å². The minimum absolute atomic E-state index is 0.138. The predicted molar refractivity (Wildman–Crippen MR) is 99.9 cm³/mol. The van der Waals surface area contributed by atoms with Gasteiger partial charge in [0, 0.05) is 13.6 Å². The summed E-state index contributed by atoms with van der Waals surface area (Å²) in [6.45, 7) is 2.06. The van der Waals surface area contributed by atoms with Gasteiger partial charge in [0.1, 0.15) is 10.6 Å². The van der Waals surface area contributed by atoms with Gasteiger partial charge in [-0.3, -0.25) is 10.1 Å². The Kier molecular flexibility index (Phi) is 5.88. The fourth-order valence-electron chi connectivity index (χ4n) is 2.71. The van der Waals surface area contributed by atoms with E-state index in [0.717, 1.165) is 12.1 Å². The van der Waals surface area contributed by atoms with Crippen LogP contribution in [0.3, 0.4) is 0 Å². The molecule has 2 N–H and O–H groups in total. The summed E-state index contributed by atoms with van der Waals surface area (Å²) in [5.41, 5.74) is -1.16. The smallest absolute Gasteiger partial charge is 0.312 e. The van der Waals surface area contributed by atoms with E-state index in [4.69, 9.17) is 5.14 Å². The Hall–Kier alpha value is -2.50. The number of rotatable bonds is 7. The van der Waals surface area contributed by atoms with E-state index in [1.165, 1.54) is 36.2 Å². The first-order valence-electron chi connectivity index (χ1n) is 7.87. The largest absolute Gasteiger partial charge is 0.368 e. The number of sulfonamides is 1. The lowest BCUT2D eigenvalue weighted by atomic mass is 10.2. The zero-order valence-electron chi connectivity index (χ0n) is 14.7. The fourth-order valence-corrected chi connectivity index (χ4v) is 4.93. The van der Waals surface area contributed by atoms with Crippen molar-refractivity contribution in [1.29, 1.82) is 0 Å². The number of nitro benzene ring substituents is 1. The number of hydrogen-bond donors (Lipinski definition) is 1. The molecule has 2 aromatic carbocycles. The van der Waals surface area contributed by atoms with Crippen molar-refractivity contribution < 1.29 is 21.8 Å². The van der Waals surface area contributed by atoms with Gasteiger partial charge >= 0.3 is 5.69 Å². The summed E-state index contributed by atoms with van der Waals surface area (Å²) >= 11 is 0. The Morgan fingerprint density at radius 2 is 1.59 bits per heavy atom. The van der Waals surface area contributed by atoms with Crippen LogP contribution in [0.4, 0.5) is 11.4 Å². The van der Waals surface area contributed by atoms with Gasteiger partial charge in [-0.2, -0.15) is 0 Å². The third-order valence-corrected chi connectivity index (χ3v) is 6.59. The van der Waals surface area contributed by atoms with Gasteiger partial charge < -0.3 is 4.90 Å². The summed E-state index contributed by atoms with van der Waals surface area (Å²) in [4.78, 5) is 11.0. The summed E-state index contributed by atoms with van der Waals surface area (Å²) < 4.78 is 49.8. The van der Waals surface area contributed by atoms with Crippen LogP contribution in [0.2, 0.25) is 0 Å². The molecule has 0 radical (unpaired) electrons. The highest BCUT2D eigenvalue weighted by Crippen LogP contribution is 2.41. The highest BCUT2D eigenvalue weighted by atomic mass is 32.2. The van der Waals surface area contributed by atoms with Crippen molar-refractivity contribution in [3.8, 4) is 0 Å². The maximum absolute atomic E-state index is 12.9. The van der Waals surface area contributed by atoms with Crippen LogP contribution >= 0.6 is 0 Å². The minimum Gasteiger partial charge on any atom is -0.368 e. The van der Waals surface area contributed by atoms with E-state index in [1.807, 2.05) is 0 Å². The number of nitrogens with two attached hydrogens (primary N) is 1. The average Bonchev–Trinajstić information content (AvgIpc) is 2.60. The second kappa shape index (κ2) is 7.62. The Labute approximate surface area is 157 Å². The number of anilines is 1. The number of primary sulfonamides is 1. The third kappa shape index (κ3) is 4.10. The topological polar surface area (TPSA) is 141 Å². The highest BCUT2D eigenvalue weighted by molar-refractivity contribution is 7.91. The monoisotopic (exact) mass is 413 g/mol. The molecule has 0 spiro atoms. The third-order valence-electron chi connectivity index (χ3n) is 3.85. The minimum atomic E-state index is -4.32. The first kappa shape index (κ1) is 20.8. The van der Waals surface area contributed by atoms with Crippen LogP contribution in [0.25, 0.3) is 0 Å². The molecule has 0 saturated carbocycles. The van der Waals surface area contributed by atoms with E-state index in [1.54, 1.807) is 13.0 Å². The highest BCUT2D eigenvalue weighted by Gasteiger charge is 2.35. The molecule has 0 fully saturated rings. The van der Waals surface area contributed by atoms with E-state index < -0.39 is 40.3 Å². The first-order valence-corrected chi connectivity index (χ1v) is 10.9. The Balaban J connectivity index is 2.93. The quantitative estimate of drug-likeness (QED) is 0.540. The van der Waals surface area contributed by atoms with Crippen molar-refractivity contribution >= 4 is 31.2 Å². The first-order chi connectivity index (χ1) is 12.5. The van der Waals surface area contributed by atoms with Gasteiger partial charge in [-0.05, 0) is 30.7 Å². The van der Waals surface area contributed by atoms with Crippen LogP contribution in [0.1, 0.15) is 13.3 Å². The van der Waals surface area contributed by atoms with Gasteiger partial charge in [0.15, 0.2) is 4.90 Å². The van der Waals surface area contributed by atoms with E-state index in [-0.39, 0.29) is 17.1 Å². The van der Waals surface area contributed by atoms with Crippen molar-refractivity contribution in [2.45, 2.75) is 28.0 Å². The van der Waals surface area contributed by atoms with E-state index in [0.29, 0.717) is 6.42 Å². The van der Waals surface area contributed by atoms with Gasteiger partial charge in [-0.15, -0.1) is 0 Å². The van der Waals surface area contributed by atoms with Crippen molar-refractivity contribution in [2.24, 2.45) is 5.14 Å². The molecule has 0 unspecified atom stereocenters. The molecule has 11 heteroatoms. The molecular formula is C16H19N3O6S2. The molecule has 2 rings (SSSR count). The van der Waals surface area contributed by atoms with Gasteiger partial charge in [-0.25, -0.2) is 22.0 Å². The summed E-state index contributed by atoms with van der Waals surface area (Å²) in [6.07, 6.45) is 0.549. The van der Waals surface area contributed by atoms with E-state index >= 15 is 0 Å². The van der Waals surface area contributed by atoms with Crippen LogP contribution in [0, 0.1) is 10.1 Å². The number of nitrogens with zero attached hydrogens (tertiary/aromatic N) is 2. The lowest BCUT2D eigenvalue weighted by Gasteiger charge is -2.22. The molecule has 0 atom stereocenters. The maximum atomic E-state index is 12.9. The van der Waals surface area contributed by atoms with Gasteiger partial charge in [0.05, 0.1) is 9.82 Å². The number of nitro groups is 1. The van der Waals surface area contributed by atoms with E-state index in [9.17, 15) is 26.9 Å². The molecule has 0 aliphatic carbocycles. The molecule has 0 heterocycles. The maximum Gasteiger partial charge on any atom is 0.312 e. The van der Waals surface area contributed by atoms with Crippen LogP contribution in [0.5, 0.6) is 0 Å². The van der Waals surface area contributed by atoms with Crippen LogP contribution in [-0.4, -0.2) is 35.4 Å². The van der Waals surface area contributed by atoms with Crippen molar-refractivity contribution in [2.75, 3.05) is 18.5 Å². The molecule has 0 amide bonds. The second-order valence-electron chi connectivity index (χ2n) is 5.80. The Morgan fingerprint density at radius 3 is 2.07 bits per heavy atom. The lowest BCUT2D eigenvalue weighted by molar-refractivity contribution is -0.387. The van der Waals surface area contributed by atoms with Crippen LogP contribution in [-0.2, 0) is 19.9 Å². The SMILES string of the molecule is CCCN(C)c1c(S(N)(=O)=O)ccc(S(=O)(=O)c2ccccc2)c1[N+](=O)[O-]. The van der Waals surface area contributed by atoms with Crippen molar-refractivity contribution in [3.05, 3.63) is 52.6 Å². The van der Waals surface area contributed by atoms with Gasteiger partial charge in [-0.1, -0.05) is 25.1 Å². The Bertz CT molecular complexity index is 1070. The summed E-state index contributed by atoms with van der Waals surface area (Å²) in [5.74, 6) is 0. The van der Waals surface area contributed by atoms with Gasteiger partial charge in [0.25, 0.3) is 0 Å². The molecule has 0 aromatic heterocycles. The zero-order valence-corrected chi connectivity index (χ0v) is 16.3. The molecule has 9 nitrogen and oxygen atoms in total. The Morgan fingerprint density at radius 1 is 1.04 bits per heavy atom. The summed E-state index contributed by atoms with van der Waals surface area (Å²) in [5, 5.41) is 17.0. The molecule has 0 bridgehead atoms. The normalized spacial score (nSPS) is 12.0. The molecule has 0 aliphatic rings. The molecule has 0 saturated heterocycles. The second-order valence-corrected chi connectivity index (χ2v) is 9.25. The number of hydrogen-bond acceptors (Lipinski definition) is 7. The molecule has 0 aliphatic heterocycles. The summed E-state index contributed by atoms with van der Waals surface area (Å²) in [6, 6.07) is 9.09. The molecular weight excluding hydrogens is 394 g/mol. The zero-order chi connectivity index (χ0) is 20.4. The van der Waals surface area contributed by atoms with E-state index in [2.05, 4.69) is 0 Å². The number of sulfone groups is 1. The molecule has 2 aromatic rings. The van der Waals surface area contributed by atoms with Crippen LogP contribution in [0.15, 0.2) is 57.2 Å². The standard InChI is InChI=1S/C16H19N3O6S2/c1-3-11-18(2)15-14(27(17,24)25)10-9-13(16(15)19(20)21)26(22,23)12-7-5-4-6-8-12/h4-10H,3,11H2,1-2H3,(H2,17,24,25). The number of benzene rings is 2. The van der Waals surface area contributed by atoms with Crippen LogP contribution < -0.4 is 10.0 Å². The van der Waals surface area contributed by atoms with Crippen molar-refractivity contribution in [3.63, 3.8) is 0 Å². The average molecular weight is 413 g/mol. The predicted octanol–water partition coefficient (Wildman–Crippen LogP) is 1.92.